The summed E-state index contributed by atoms with van der Waals surface area (Å²) in [5.74, 6) is 2.05. The molecule has 6 aromatic rings. The van der Waals surface area contributed by atoms with Gasteiger partial charge in [-0.15, -0.1) is 11.3 Å². The zero-order valence-electron chi connectivity index (χ0n) is 17.5. The van der Waals surface area contributed by atoms with Crippen LogP contribution in [0.3, 0.4) is 0 Å². The Kier molecular flexibility index (Phi) is 4.51. The predicted molar refractivity (Wildman–Crippen MR) is 134 cm³/mol. The largest absolute Gasteiger partial charge is 0.208 e. The lowest BCUT2D eigenvalue weighted by atomic mass is 10.1. The predicted octanol–water partition coefficient (Wildman–Crippen LogP) is 7.55. The molecule has 0 spiro atoms. The maximum atomic E-state index is 4.87. The molecule has 0 atom stereocenters. The first kappa shape index (κ1) is 18.8. The smallest absolute Gasteiger partial charge is 0.164 e. The topological polar surface area (TPSA) is 38.7 Å². The third kappa shape index (κ3) is 3.35. The summed E-state index contributed by atoms with van der Waals surface area (Å²) in [6.07, 6.45) is 0. The zero-order chi connectivity index (χ0) is 21.5. The van der Waals surface area contributed by atoms with E-state index >= 15 is 0 Å². The highest BCUT2D eigenvalue weighted by Gasteiger charge is 2.13. The van der Waals surface area contributed by atoms with Crippen LogP contribution in [0.25, 0.3) is 54.3 Å². The van der Waals surface area contributed by atoms with Crippen molar-refractivity contribution in [3.63, 3.8) is 0 Å². The number of rotatable bonds is 3. The quantitative estimate of drug-likeness (QED) is 0.291. The maximum Gasteiger partial charge on any atom is 0.164 e. The molecule has 2 aromatic heterocycles. The van der Waals surface area contributed by atoms with E-state index in [9.17, 15) is 0 Å². The van der Waals surface area contributed by atoms with E-state index in [1.54, 1.807) is 0 Å². The van der Waals surface area contributed by atoms with Crippen molar-refractivity contribution in [2.24, 2.45) is 0 Å². The lowest BCUT2D eigenvalue weighted by Gasteiger charge is -2.08. The van der Waals surface area contributed by atoms with Gasteiger partial charge in [0.1, 0.15) is 0 Å². The van der Waals surface area contributed by atoms with Crippen LogP contribution >= 0.6 is 11.3 Å². The number of benzene rings is 4. The van der Waals surface area contributed by atoms with E-state index in [2.05, 4.69) is 43.3 Å². The molecule has 4 aromatic carbocycles. The molecule has 6 rings (SSSR count). The summed E-state index contributed by atoms with van der Waals surface area (Å²) in [6.45, 7) is 2.14. The van der Waals surface area contributed by atoms with Crippen LogP contribution in [0.5, 0.6) is 0 Å². The summed E-state index contributed by atoms with van der Waals surface area (Å²) in [7, 11) is 0. The third-order valence-electron chi connectivity index (χ3n) is 5.58. The lowest BCUT2D eigenvalue weighted by molar-refractivity contribution is 1.07. The molecule has 0 aliphatic rings. The molecule has 0 radical (unpaired) electrons. The Hall–Kier alpha value is -3.89. The Morgan fingerprint density at radius 3 is 1.59 bits per heavy atom. The molecule has 4 heteroatoms. The van der Waals surface area contributed by atoms with E-state index in [0.29, 0.717) is 17.5 Å². The summed E-state index contributed by atoms with van der Waals surface area (Å²) in [5.41, 5.74) is 4.22. The van der Waals surface area contributed by atoms with Crippen LogP contribution < -0.4 is 0 Å². The van der Waals surface area contributed by atoms with Gasteiger partial charge in [0, 0.05) is 36.9 Å². The van der Waals surface area contributed by atoms with Gasteiger partial charge in [0.2, 0.25) is 0 Å². The van der Waals surface area contributed by atoms with E-state index in [4.69, 9.17) is 15.0 Å². The monoisotopic (exact) mass is 429 g/mol. The first-order chi connectivity index (χ1) is 15.7. The van der Waals surface area contributed by atoms with Crippen LogP contribution in [0.2, 0.25) is 0 Å². The number of aryl methyl sites for hydroxylation is 1. The van der Waals surface area contributed by atoms with Crippen molar-refractivity contribution >= 4 is 31.5 Å². The fourth-order valence-corrected chi connectivity index (χ4v) is 5.03. The number of hydrogen-bond acceptors (Lipinski definition) is 4. The molecule has 0 N–H and O–H groups in total. The average Bonchev–Trinajstić information content (AvgIpc) is 3.22. The van der Waals surface area contributed by atoms with Crippen molar-refractivity contribution in [2.45, 2.75) is 6.92 Å². The van der Waals surface area contributed by atoms with Crippen LogP contribution in [0.4, 0.5) is 0 Å². The Labute approximate surface area is 190 Å². The van der Waals surface area contributed by atoms with Crippen molar-refractivity contribution in [1.29, 1.82) is 0 Å². The highest BCUT2D eigenvalue weighted by molar-refractivity contribution is 7.25. The second kappa shape index (κ2) is 7.66. The van der Waals surface area contributed by atoms with E-state index in [1.807, 2.05) is 72.0 Å². The highest BCUT2D eigenvalue weighted by atomic mass is 32.1. The number of nitrogens with zero attached hydrogens (tertiary/aromatic N) is 3. The van der Waals surface area contributed by atoms with Gasteiger partial charge in [0.25, 0.3) is 0 Å². The summed E-state index contributed by atoms with van der Waals surface area (Å²) >= 11 is 1.82. The van der Waals surface area contributed by atoms with Crippen molar-refractivity contribution in [3.05, 3.63) is 103 Å². The molecule has 0 aliphatic heterocycles. The van der Waals surface area contributed by atoms with Crippen LogP contribution in [-0.2, 0) is 0 Å². The van der Waals surface area contributed by atoms with Crippen LogP contribution in [0.1, 0.15) is 5.56 Å². The Balaban J connectivity index is 1.58. The van der Waals surface area contributed by atoms with Crippen molar-refractivity contribution in [1.82, 2.24) is 15.0 Å². The zero-order valence-corrected chi connectivity index (χ0v) is 18.3. The van der Waals surface area contributed by atoms with Gasteiger partial charge >= 0.3 is 0 Å². The molecular formula is C28H19N3S. The summed E-state index contributed by atoms with van der Waals surface area (Å²) < 4.78 is 2.57. The molecule has 0 unspecified atom stereocenters. The van der Waals surface area contributed by atoms with Crippen LogP contribution in [0.15, 0.2) is 97.1 Å². The van der Waals surface area contributed by atoms with E-state index in [0.717, 1.165) is 16.7 Å². The summed E-state index contributed by atoms with van der Waals surface area (Å²) in [6, 6.07) is 33.3. The molecule has 3 nitrogen and oxygen atoms in total. The van der Waals surface area contributed by atoms with E-state index in [-0.39, 0.29) is 0 Å². The van der Waals surface area contributed by atoms with Crippen molar-refractivity contribution < 1.29 is 0 Å². The van der Waals surface area contributed by atoms with Gasteiger partial charge in [-0.1, -0.05) is 72.3 Å². The van der Waals surface area contributed by atoms with E-state index in [1.165, 1.54) is 25.7 Å². The number of aromatic nitrogens is 3. The first-order valence-corrected chi connectivity index (χ1v) is 11.4. The molecular weight excluding hydrogens is 410 g/mol. The van der Waals surface area contributed by atoms with Gasteiger partial charge in [0.05, 0.1) is 0 Å². The number of fused-ring (bicyclic) bond motifs is 3. The second-order valence-electron chi connectivity index (χ2n) is 7.85. The van der Waals surface area contributed by atoms with Crippen molar-refractivity contribution in [2.75, 3.05) is 0 Å². The van der Waals surface area contributed by atoms with Crippen LogP contribution in [0, 0.1) is 6.92 Å². The van der Waals surface area contributed by atoms with Gasteiger partial charge < -0.3 is 0 Å². The molecule has 152 valence electrons. The Morgan fingerprint density at radius 2 is 1.00 bits per heavy atom. The minimum atomic E-state index is 0.681. The molecule has 0 amide bonds. The summed E-state index contributed by atoms with van der Waals surface area (Å²) in [5, 5.41) is 2.53. The Morgan fingerprint density at radius 1 is 0.500 bits per heavy atom. The molecule has 0 aliphatic carbocycles. The van der Waals surface area contributed by atoms with Gasteiger partial charge in [-0.3, -0.25) is 0 Å². The van der Waals surface area contributed by atoms with Crippen LogP contribution in [-0.4, -0.2) is 15.0 Å². The second-order valence-corrected chi connectivity index (χ2v) is 8.93. The minimum absolute atomic E-state index is 0.681. The van der Waals surface area contributed by atoms with Gasteiger partial charge in [-0.2, -0.15) is 0 Å². The fourth-order valence-electron chi connectivity index (χ4n) is 3.97. The average molecular weight is 430 g/mol. The minimum Gasteiger partial charge on any atom is -0.208 e. The molecule has 0 saturated heterocycles. The normalized spacial score (nSPS) is 11.3. The standard InChI is InChI=1S/C28H19N3S/c1-18-12-14-24-22(16-18)23-17-21(13-15-25(23)32-24)28-30-26(19-8-4-2-5-9-19)29-27(31-28)20-10-6-3-7-11-20/h2-17H,1H3. The van der Waals surface area contributed by atoms with Gasteiger partial charge in [-0.25, -0.2) is 15.0 Å². The molecule has 32 heavy (non-hydrogen) atoms. The van der Waals surface area contributed by atoms with Gasteiger partial charge in [0.15, 0.2) is 17.5 Å². The number of thiophene rings is 1. The molecule has 0 bridgehead atoms. The Bertz CT molecular complexity index is 1510. The SMILES string of the molecule is Cc1ccc2sc3ccc(-c4nc(-c5ccccc5)nc(-c5ccccc5)n4)cc3c2c1. The molecule has 2 heterocycles. The fraction of sp³-hybridized carbons (Fsp3) is 0.0357. The molecule has 0 fully saturated rings. The van der Waals surface area contributed by atoms with Gasteiger partial charge in [-0.05, 0) is 37.3 Å². The van der Waals surface area contributed by atoms with E-state index < -0.39 is 0 Å². The third-order valence-corrected chi connectivity index (χ3v) is 6.73. The first-order valence-electron chi connectivity index (χ1n) is 10.5. The highest BCUT2D eigenvalue weighted by Crippen LogP contribution is 2.36. The maximum absolute atomic E-state index is 4.87. The molecule has 0 saturated carbocycles. The van der Waals surface area contributed by atoms with Crippen molar-refractivity contribution in [3.8, 4) is 34.2 Å². The lowest BCUT2D eigenvalue weighted by Crippen LogP contribution is -2.00. The summed E-state index contributed by atoms with van der Waals surface area (Å²) in [4.78, 5) is 14.5. The number of hydrogen-bond donors (Lipinski definition) is 0.